The summed E-state index contributed by atoms with van der Waals surface area (Å²) in [7, 11) is 1.38. The molecule has 1 fully saturated rings. The molecule has 1 atom stereocenters. The van der Waals surface area contributed by atoms with Crippen LogP contribution in [0.3, 0.4) is 0 Å². The summed E-state index contributed by atoms with van der Waals surface area (Å²) in [5, 5.41) is 14.3. The average Bonchev–Trinajstić information content (AvgIpc) is 3.05. The lowest BCUT2D eigenvalue weighted by molar-refractivity contribution is -0.136. The van der Waals surface area contributed by atoms with E-state index in [1.807, 2.05) is 0 Å². The molecule has 1 aliphatic heterocycles. The lowest BCUT2D eigenvalue weighted by Crippen LogP contribution is -2.27. The van der Waals surface area contributed by atoms with E-state index >= 15 is 0 Å². The zero-order valence-electron chi connectivity index (χ0n) is 16.2. The number of hydrogen-bond acceptors (Lipinski definition) is 9. The number of nitrogens with zero attached hydrogens (tertiary/aromatic N) is 1. The van der Waals surface area contributed by atoms with Crippen molar-refractivity contribution < 1.29 is 33.8 Å². The number of esters is 1. The van der Waals surface area contributed by atoms with Crippen LogP contribution < -0.4 is 20.2 Å². The van der Waals surface area contributed by atoms with Gasteiger partial charge in [-0.15, -0.1) is 0 Å². The number of phenols is 1. The average molecular weight is 443 g/mol. The van der Waals surface area contributed by atoms with Gasteiger partial charge >= 0.3 is 5.97 Å². The molecule has 2 aromatic carbocycles. The summed E-state index contributed by atoms with van der Waals surface area (Å²) in [6.07, 6.45) is 1.07. The molecule has 31 heavy (non-hydrogen) atoms. The fourth-order valence-electron chi connectivity index (χ4n) is 2.58. The number of amides is 3. The first kappa shape index (κ1) is 21.8. The maximum atomic E-state index is 12.1. The summed E-state index contributed by atoms with van der Waals surface area (Å²) in [6.45, 7) is 0. The van der Waals surface area contributed by atoms with Crippen molar-refractivity contribution in [3.8, 4) is 17.2 Å². The van der Waals surface area contributed by atoms with E-state index in [9.17, 15) is 24.3 Å². The zero-order valence-corrected chi connectivity index (χ0v) is 17.0. The number of ether oxygens (including phenoxy) is 2. The molecule has 1 heterocycles. The summed E-state index contributed by atoms with van der Waals surface area (Å²) in [5.74, 6) is -1.63. The van der Waals surface area contributed by atoms with Crippen molar-refractivity contribution in [2.45, 2.75) is 11.7 Å². The minimum Gasteiger partial charge on any atom is -0.507 e. The van der Waals surface area contributed by atoms with Crippen LogP contribution in [0.2, 0.25) is 0 Å². The second-order valence-corrected chi connectivity index (χ2v) is 7.36. The Labute approximate surface area is 180 Å². The van der Waals surface area contributed by atoms with Crippen molar-refractivity contribution in [2.75, 3.05) is 7.11 Å². The van der Waals surface area contributed by atoms with Gasteiger partial charge in [0.2, 0.25) is 5.91 Å². The number of phenolic OH excluding ortho intramolecular Hbond substituents is 1. The molecule has 0 radical (unpaired) electrons. The molecule has 0 aliphatic carbocycles. The van der Waals surface area contributed by atoms with Gasteiger partial charge in [0.05, 0.1) is 25.3 Å². The third-order valence-corrected chi connectivity index (χ3v) is 5.04. The molecule has 0 spiro atoms. The number of benzene rings is 2. The highest BCUT2D eigenvalue weighted by molar-refractivity contribution is 8.15. The predicted molar refractivity (Wildman–Crippen MR) is 111 cm³/mol. The number of hydrogen-bond donors (Lipinski definition) is 3. The van der Waals surface area contributed by atoms with Gasteiger partial charge in [0, 0.05) is 0 Å². The standard InChI is InChI=1S/C20H17N3O7S/c1-29-15-8-11(10-21-23-18(26)12-4-2-3-5-13(12)24)6-7-14(15)30-17(25)9-16-19(27)22-20(28)31-16/h2-8,10,16,24H,9H2,1H3,(H,23,26)(H,22,27,28). The van der Waals surface area contributed by atoms with Gasteiger partial charge in [-0.25, -0.2) is 5.43 Å². The Kier molecular flexibility index (Phi) is 6.88. The number of imide groups is 1. The molecule has 1 aliphatic rings. The molecule has 11 heteroatoms. The molecule has 1 unspecified atom stereocenters. The quantitative estimate of drug-likeness (QED) is 0.254. The summed E-state index contributed by atoms with van der Waals surface area (Å²) in [5.41, 5.74) is 2.91. The molecule has 0 saturated carbocycles. The van der Waals surface area contributed by atoms with Crippen LogP contribution in [0.25, 0.3) is 0 Å². The Morgan fingerprint density at radius 3 is 2.68 bits per heavy atom. The molecule has 3 N–H and O–H groups in total. The fraction of sp³-hybridized carbons (Fsp3) is 0.150. The van der Waals surface area contributed by atoms with Gasteiger partial charge in [-0.1, -0.05) is 23.9 Å². The van der Waals surface area contributed by atoms with Crippen LogP contribution in [0.4, 0.5) is 4.79 Å². The van der Waals surface area contributed by atoms with Crippen LogP contribution in [0, 0.1) is 0 Å². The maximum Gasteiger partial charge on any atom is 0.312 e. The second-order valence-electron chi connectivity index (χ2n) is 6.19. The maximum absolute atomic E-state index is 12.1. The third-order valence-electron chi connectivity index (χ3n) is 4.06. The summed E-state index contributed by atoms with van der Waals surface area (Å²) < 4.78 is 10.4. The number of rotatable bonds is 7. The number of aromatic hydroxyl groups is 1. The Morgan fingerprint density at radius 1 is 1.23 bits per heavy atom. The van der Waals surface area contributed by atoms with Gasteiger partial charge in [0.15, 0.2) is 11.5 Å². The molecule has 3 amide bonds. The molecular formula is C20H17N3O7S. The molecule has 1 saturated heterocycles. The zero-order chi connectivity index (χ0) is 22.4. The van der Waals surface area contributed by atoms with E-state index in [0.717, 1.165) is 11.8 Å². The Balaban J connectivity index is 1.61. The number of para-hydroxylation sites is 1. The molecule has 3 rings (SSSR count). The van der Waals surface area contributed by atoms with Gasteiger partial charge in [-0.2, -0.15) is 5.10 Å². The van der Waals surface area contributed by atoms with Crippen LogP contribution in [-0.2, 0) is 9.59 Å². The molecule has 0 aromatic heterocycles. The van der Waals surface area contributed by atoms with E-state index in [1.165, 1.54) is 37.6 Å². The van der Waals surface area contributed by atoms with Crippen LogP contribution in [0.5, 0.6) is 17.2 Å². The van der Waals surface area contributed by atoms with Gasteiger partial charge in [-0.05, 0) is 35.9 Å². The minimum absolute atomic E-state index is 0.0790. The normalized spacial score (nSPS) is 15.6. The number of thioether (sulfide) groups is 1. The molecule has 2 aromatic rings. The summed E-state index contributed by atoms with van der Waals surface area (Å²) >= 11 is 0.736. The lowest BCUT2D eigenvalue weighted by Gasteiger charge is -2.10. The van der Waals surface area contributed by atoms with E-state index in [1.54, 1.807) is 18.2 Å². The fourth-order valence-corrected chi connectivity index (χ4v) is 3.39. The monoisotopic (exact) mass is 443 g/mol. The predicted octanol–water partition coefficient (Wildman–Crippen LogP) is 1.81. The Hall–Kier alpha value is -3.86. The first-order valence-corrected chi connectivity index (χ1v) is 9.77. The van der Waals surface area contributed by atoms with Crippen LogP contribution in [0.15, 0.2) is 47.6 Å². The summed E-state index contributed by atoms with van der Waals surface area (Å²) in [4.78, 5) is 46.9. The van der Waals surface area contributed by atoms with Crippen LogP contribution in [0.1, 0.15) is 22.3 Å². The van der Waals surface area contributed by atoms with Gasteiger partial charge in [-0.3, -0.25) is 24.5 Å². The SMILES string of the molecule is COc1cc(C=NNC(=O)c2ccccc2O)ccc1OC(=O)CC1SC(=O)NC1=O. The molecule has 0 bridgehead atoms. The molecule has 10 nitrogen and oxygen atoms in total. The van der Waals surface area contributed by atoms with E-state index in [2.05, 4.69) is 15.8 Å². The number of methoxy groups -OCH3 is 1. The van der Waals surface area contributed by atoms with Crippen LogP contribution >= 0.6 is 11.8 Å². The topological polar surface area (TPSA) is 143 Å². The smallest absolute Gasteiger partial charge is 0.312 e. The summed E-state index contributed by atoms with van der Waals surface area (Å²) in [6, 6.07) is 10.6. The van der Waals surface area contributed by atoms with Crippen molar-refractivity contribution in [1.29, 1.82) is 0 Å². The van der Waals surface area contributed by atoms with E-state index < -0.39 is 28.3 Å². The van der Waals surface area contributed by atoms with E-state index in [4.69, 9.17) is 9.47 Å². The number of nitrogens with one attached hydrogen (secondary N) is 2. The highest BCUT2D eigenvalue weighted by Crippen LogP contribution is 2.29. The number of carbonyl (C=O) groups excluding carboxylic acids is 4. The van der Waals surface area contributed by atoms with E-state index in [0.29, 0.717) is 5.56 Å². The highest BCUT2D eigenvalue weighted by atomic mass is 32.2. The lowest BCUT2D eigenvalue weighted by atomic mass is 10.2. The van der Waals surface area contributed by atoms with Crippen molar-refractivity contribution in [1.82, 2.24) is 10.7 Å². The molecule has 160 valence electrons. The third kappa shape index (κ3) is 5.60. The van der Waals surface area contributed by atoms with Gasteiger partial charge in [0.25, 0.3) is 11.1 Å². The minimum atomic E-state index is -0.829. The van der Waals surface area contributed by atoms with Gasteiger partial charge < -0.3 is 14.6 Å². The first-order chi connectivity index (χ1) is 14.9. The molecular weight excluding hydrogens is 426 g/mol. The first-order valence-electron chi connectivity index (χ1n) is 8.89. The van der Waals surface area contributed by atoms with Crippen molar-refractivity contribution in [3.05, 3.63) is 53.6 Å². The van der Waals surface area contributed by atoms with Crippen LogP contribution in [-0.4, -0.2) is 46.7 Å². The number of hydrazone groups is 1. The second kappa shape index (κ2) is 9.76. The van der Waals surface area contributed by atoms with Crippen molar-refractivity contribution >= 4 is 41.0 Å². The van der Waals surface area contributed by atoms with E-state index in [-0.39, 0.29) is 29.2 Å². The van der Waals surface area contributed by atoms with Crippen molar-refractivity contribution in [2.24, 2.45) is 5.10 Å². The Morgan fingerprint density at radius 2 is 2.00 bits per heavy atom. The number of carbonyl (C=O) groups is 4. The van der Waals surface area contributed by atoms with Crippen molar-refractivity contribution in [3.63, 3.8) is 0 Å². The van der Waals surface area contributed by atoms with Gasteiger partial charge in [0.1, 0.15) is 11.0 Å². The highest BCUT2D eigenvalue weighted by Gasteiger charge is 2.34. The largest absolute Gasteiger partial charge is 0.507 e. The Bertz CT molecular complexity index is 1070.